The van der Waals surface area contributed by atoms with Crippen molar-refractivity contribution in [1.82, 2.24) is 4.57 Å². The van der Waals surface area contributed by atoms with Gasteiger partial charge >= 0.3 is 0 Å². The van der Waals surface area contributed by atoms with Gasteiger partial charge in [0.2, 0.25) is 5.91 Å². The van der Waals surface area contributed by atoms with Crippen molar-refractivity contribution in [2.24, 2.45) is 5.73 Å². The molecule has 0 radical (unpaired) electrons. The lowest BCUT2D eigenvalue weighted by Gasteiger charge is -2.25. The number of halogens is 1. The van der Waals surface area contributed by atoms with Crippen LogP contribution in [0.25, 0.3) is 22.0 Å². The summed E-state index contributed by atoms with van der Waals surface area (Å²) in [6.45, 7) is 1.23. The summed E-state index contributed by atoms with van der Waals surface area (Å²) in [6, 6.07) is 10.9. The highest BCUT2D eigenvalue weighted by atomic mass is 19.1. The van der Waals surface area contributed by atoms with Crippen LogP contribution < -0.4 is 11.1 Å². The molecule has 0 bridgehead atoms. The Morgan fingerprint density at radius 2 is 1.94 bits per heavy atom. The number of nitrogens with one attached hydrogen (secondary N) is 1. The number of para-hydroxylation sites is 1. The van der Waals surface area contributed by atoms with Crippen LogP contribution in [0.2, 0.25) is 0 Å². The number of carbonyl (C=O) groups is 2. The van der Waals surface area contributed by atoms with Crippen molar-refractivity contribution >= 4 is 28.4 Å². The molecule has 0 unspecified atom stereocenters. The molecule has 6 nitrogen and oxygen atoms in total. The molecular weight excluding hydrogens is 397 g/mol. The molecule has 1 amide bonds. The highest BCUT2D eigenvalue weighted by molar-refractivity contribution is 6.06. The van der Waals surface area contributed by atoms with Gasteiger partial charge in [-0.15, -0.1) is 0 Å². The minimum atomic E-state index is -0.808. The second-order valence-electron chi connectivity index (χ2n) is 8.20. The van der Waals surface area contributed by atoms with Gasteiger partial charge in [0.1, 0.15) is 5.82 Å². The Kier molecular flexibility index (Phi) is 4.98. The number of fused-ring (bicyclic) bond motifs is 3. The summed E-state index contributed by atoms with van der Waals surface area (Å²) in [5.41, 5.74) is 8.97. The van der Waals surface area contributed by atoms with Crippen LogP contribution in [0.5, 0.6) is 0 Å². The van der Waals surface area contributed by atoms with E-state index in [1.807, 2.05) is 24.3 Å². The molecular formula is C24H24FN3O3. The number of nitrogens with two attached hydrogens (primary N) is 1. The number of nitrogens with zero attached hydrogens (tertiary/aromatic N) is 1. The predicted molar refractivity (Wildman–Crippen MR) is 117 cm³/mol. The first-order chi connectivity index (χ1) is 15.0. The molecule has 160 valence electrons. The van der Waals surface area contributed by atoms with E-state index in [1.165, 1.54) is 6.07 Å². The Bertz CT molecular complexity index is 1190. The Hall–Kier alpha value is -3.19. The third kappa shape index (κ3) is 3.39. The maximum absolute atomic E-state index is 15.2. The number of rotatable bonds is 4. The Morgan fingerprint density at radius 3 is 2.71 bits per heavy atom. The van der Waals surface area contributed by atoms with Gasteiger partial charge in [-0.25, -0.2) is 4.39 Å². The molecule has 7 heteroatoms. The number of primary amides is 1. The number of anilines is 1. The minimum absolute atomic E-state index is 0.0542. The van der Waals surface area contributed by atoms with E-state index < -0.39 is 11.7 Å². The smallest absolute Gasteiger partial charge is 0.253 e. The normalized spacial score (nSPS) is 17.0. The lowest BCUT2D eigenvalue weighted by molar-refractivity contribution is 0.0888. The van der Waals surface area contributed by atoms with Crippen LogP contribution in [0.1, 0.15) is 46.5 Å². The number of aromatic nitrogens is 1. The Labute approximate surface area is 179 Å². The quantitative estimate of drug-likeness (QED) is 0.664. The molecule has 2 aliphatic heterocycles. The maximum atomic E-state index is 15.2. The van der Waals surface area contributed by atoms with Crippen LogP contribution in [-0.4, -0.2) is 35.6 Å². The number of hydrogen-bond acceptors (Lipinski definition) is 4. The van der Waals surface area contributed by atoms with E-state index >= 15 is 4.39 Å². The van der Waals surface area contributed by atoms with Crippen LogP contribution in [0.4, 0.5) is 10.1 Å². The molecule has 1 aromatic heterocycles. The molecule has 2 aliphatic rings. The zero-order valence-electron chi connectivity index (χ0n) is 17.1. The molecule has 0 atom stereocenters. The first-order valence-electron chi connectivity index (χ1n) is 10.7. The second kappa shape index (κ2) is 7.81. The van der Waals surface area contributed by atoms with E-state index in [4.69, 9.17) is 10.5 Å². The third-order valence-corrected chi connectivity index (χ3v) is 6.23. The number of amides is 1. The highest BCUT2D eigenvalue weighted by Crippen LogP contribution is 2.40. The van der Waals surface area contributed by atoms with Crippen LogP contribution in [-0.2, 0) is 11.2 Å². The molecule has 0 saturated carbocycles. The molecule has 3 heterocycles. The number of ether oxygens (including phenoxy) is 1. The van der Waals surface area contributed by atoms with E-state index in [1.54, 1.807) is 10.6 Å². The lowest BCUT2D eigenvalue weighted by Crippen LogP contribution is -2.29. The summed E-state index contributed by atoms with van der Waals surface area (Å²) in [7, 11) is 0. The average Bonchev–Trinajstić information content (AvgIpc) is 3.09. The van der Waals surface area contributed by atoms with Crippen molar-refractivity contribution in [3.63, 3.8) is 0 Å². The molecule has 0 spiro atoms. The summed E-state index contributed by atoms with van der Waals surface area (Å²) >= 11 is 0. The third-order valence-electron chi connectivity index (χ3n) is 6.23. The van der Waals surface area contributed by atoms with Crippen LogP contribution in [0, 0.1) is 5.82 Å². The monoisotopic (exact) mass is 421 g/mol. The Balaban J connectivity index is 1.70. The first-order valence-corrected chi connectivity index (χ1v) is 10.7. The molecule has 3 N–H and O–H groups in total. The van der Waals surface area contributed by atoms with E-state index in [0.29, 0.717) is 30.9 Å². The average molecular weight is 421 g/mol. The van der Waals surface area contributed by atoms with E-state index in [0.717, 1.165) is 47.8 Å². The number of benzene rings is 2. The van der Waals surface area contributed by atoms with Gasteiger partial charge in [-0.3, -0.25) is 14.2 Å². The predicted octanol–water partition coefficient (Wildman–Crippen LogP) is 4.11. The van der Waals surface area contributed by atoms with Gasteiger partial charge in [-0.1, -0.05) is 18.2 Å². The minimum Gasteiger partial charge on any atom is -0.381 e. The highest BCUT2D eigenvalue weighted by Gasteiger charge is 2.27. The lowest BCUT2D eigenvalue weighted by atomic mass is 9.95. The van der Waals surface area contributed by atoms with Crippen molar-refractivity contribution in [3.05, 3.63) is 53.5 Å². The number of hydrogen-bond donors (Lipinski definition) is 2. The fourth-order valence-corrected chi connectivity index (χ4v) is 4.83. The second-order valence-corrected chi connectivity index (χ2v) is 8.20. The van der Waals surface area contributed by atoms with Gasteiger partial charge in [0.15, 0.2) is 0 Å². The fraction of sp³-hybridized carbons (Fsp3) is 0.333. The first kappa shape index (κ1) is 19.8. The molecule has 0 aliphatic carbocycles. The summed E-state index contributed by atoms with van der Waals surface area (Å²) in [6.07, 6.45) is 3.53. The number of carbonyl (C=O) groups excluding carboxylic acids is 2. The van der Waals surface area contributed by atoms with Crippen molar-refractivity contribution in [2.45, 2.75) is 38.1 Å². The molecule has 1 fully saturated rings. The summed E-state index contributed by atoms with van der Waals surface area (Å²) in [5.74, 6) is -1.42. The standard InChI is InChI=1S/C24H24FN3O3/c25-17-12-14(13-18(23(17)24(26)30)27-15-8-10-31-11-9-15)22-16-4-1-2-5-19(16)28-20(22)6-3-7-21(28)29/h1-2,4-5,12-13,15,27H,3,6-11H2,(H2,26,30). The topological polar surface area (TPSA) is 86.4 Å². The van der Waals surface area contributed by atoms with E-state index in [-0.39, 0.29) is 17.5 Å². The van der Waals surface area contributed by atoms with Gasteiger partial charge < -0.3 is 15.8 Å². The van der Waals surface area contributed by atoms with Crippen LogP contribution in [0.15, 0.2) is 36.4 Å². The summed E-state index contributed by atoms with van der Waals surface area (Å²) in [4.78, 5) is 24.7. The van der Waals surface area contributed by atoms with Crippen molar-refractivity contribution in [3.8, 4) is 11.1 Å². The Morgan fingerprint density at radius 1 is 1.16 bits per heavy atom. The summed E-state index contributed by atoms with van der Waals surface area (Å²) < 4.78 is 22.3. The summed E-state index contributed by atoms with van der Waals surface area (Å²) in [5, 5.41) is 4.22. The fourth-order valence-electron chi connectivity index (χ4n) is 4.83. The van der Waals surface area contributed by atoms with Gasteiger partial charge in [0, 0.05) is 42.3 Å². The van der Waals surface area contributed by atoms with E-state index in [9.17, 15) is 9.59 Å². The zero-order chi connectivity index (χ0) is 21.5. The molecule has 5 rings (SSSR count). The van der Waals surface area contributed by atoms with Crippen LogP contribution in [0.3, 0.4) is 0 Å². The van der Waals surface area contributed by atoms with Gasteiger partial charge in [-0.2, -0.15) is 0 Å². The molecule has 1 saturated heterocycles. The van der Waals surface area contributed by atoms with Crippen molar-refractivity contribution in [2.75, 3.05) is 18.5 Å². The van der Waals surface area contributed by atoms with Crippen molar-refractivity contribution in [1.29, 1.82) is 0 Å². The SMILES string of the molecule is NC(=O)c1c(F)cc(-c2c3n(c4ccccc24)C(=O)CCC3)cc1NC1CCOCC1. The maximum Gasteiger partial charge on any atom is 0.253 e. The molecule has 3 aromatic rings. The molecule has 31 heavy (non-hydrogen) atoms. The van der Waals surface area contributed by atoms with Gasteiger partial charge in [0.25, 0.3) is 5.91 Å². The largest absolute Gasteiger partial charge is 0.381 e. The van der Waals surface area contributed by atoms with Crippen molar-refractivity contribution < 1.29 is 18.7 Å². The zero-order valence-corrected chi connectivity index (χ0v) is 17.1. The molecule has 2 aromatic carbocycles. The van der Waals surface area contributed by atoms with E-state index in [2.05, 4.69) is 5.32 Å². The van der Waals surface area contributed by atoms with Gasteiger partial charge in [-0.05, 0) is 49.4 Å². The van der Waals surface area contributed by atoms with Crippen LogP contribution >= 0.6 is 0 Å². The van der Waals surface area contributed by atoms with Gasteiger partial charge in [0.05, 0.1) is 16.8 Å².